The molecule has 1 amide bonds. The third kappa shape index (κ3) is 3.73. The van der Waals surface area contributed by atoms with Gasteiger partial charge in [-0.2, -0.15) is 0 Å². The van der Waals surface area contributed by atoms with Gasteiger partial charge in [-0.15, -0.1) is 0 Å². The van der Waals surface area contributed by atoms with Crippen molar-refractivity contribution in [1.82, 2.24) is 9.88 Å². The Kier molecular flexibility index (Phi) is 4.61. The van der Waals surface area contributed by atoms with Crippen LogP contribution in [0.2, 0.25) is 0 Å². The highest BCUT2D eigenvalue weighted by Gasteiger charge is 2.10. The number of benzene rings is 1. The summed E-state index contributed by atoms with van der Waals surface area (Å²) >= 11 is 0. The lowest BCUT2D eigenvalue weighted by molar-refractivity contribution is -0.122. The largest absolute Gasteiger partial charge is 0.350 e. The molecule has 0 aliphatic rings. The van der Waals surface area contributed by atoms with Crippen LogP contribution in [-0.2, 0) is 4.79 Å². The summed E-state index contributed by atoms with van der Waals surface area (Å²) in [6, 6.07) is 12.3. The molecular weight excluding hydrogens is 248 g/mol. The lowest BCUT2D eigenvalue weighted by Gasteiger charge is -2.16. The smallest absolute Gasteiger partial charge is 0.220 e. The molecule has 0 bridgehead atoms. The van der Waals surface area contributed by atoms with Crippen LogP contribution in [0.25, 0.3) is 5.69 Å². The topological polar surface area (TPSA) is 34.0 Å². The number of carbonyl (C=O) groups excluding carboxylic acids is 1. The van der Waals surface area contributed by atoms with Gasteiger partial charge in [-0.05, 0) is 42.7 Å². The van der Waals surface area contributed by atoms with E-state index in [1.54, 1.807) is 0 Å². The van der Waals surface area contributed by atoms with Crippen molar-refractivity contribution in [2.24, 2.45) is 5.92 Å². The third-order valence-electron chi connectivity index (χ3n) is 3.27. The Balaban J connectivity index is 2.01. The Labute approximate surface area is 120 Å². The van der Waals surface area contributed by atoms with E-state index in [1.165, 1.54) is 0 Å². The predicted molar refractivity (Wildman–Crippen MR) is 81.8 cm³/mol. The highest BCUT2D eigenvalue weighted by molar-refractivity contribution is 5.76. The van der Waals surface area contributed by atoms with Crippen molar-refractivity contribution in [3.63, 3.8) is 0 Å². The lowest BCUT2D eigenvalue weighted by atomic mass is 10.1. The van der Waals surface area contributed by atoms with Crippen LogP contribution in [0.3, 0.4) is 0 Å². The molecule has 2 rings (SSSR count). The van der Waals surface area contributed by atoms with E-state index in [1.807, 2.05) is 31.5 Å². The Morgan fingerprint density at radius 1 is 1.10 bits per heavy atom. The Hall–Kier alpha value is -2.03. The highest BCUT2D eigenvalue weighted by atomic mass is 16.1. The fourth-order valence-electron chi connectivity index (χ4n) is 2.20. The van der Waals surface area contributed by atoms with Crippen molar-refractivity contribution in [3.05, 3.63) is 54.4 Å². The minimum Gasteiger partial charge on any atom is -0.350 e. The summed E-state index contributed by atoms with van der Waals surface area (Å²) in [6.07, 6.45) is 4.61. The van der Waals surface area contributed by atoms with Crippen LogP contribution in [0, 0.1) is 5.92 Å². The first-order valence-corrected chi connectivity index (χ1v) is 7.09. The zero-order valence-corrected chi connectivity index (χ0v) is 12.3. The molecule has 1 aromatic heterocycles. The molecule has 0 fully saturated rings. The van der Waals surface area contributed by atoms with Crippen LogP contribution in [0.15, 0.2) is 48.8 Å². The van der Waals surface area contributed by atoms with Crippen LogP contribution >= 0.6 is 0 Å². The molecule has 0 spiro atoms. The second kappa shape index (κ2) is 6.42. The van der Waals surface area contributed by atoms with Gasteiger partial charge in [-0.25, -0.2) is 0 Å². The number of nitrogens with one attached hydrogen (secondary N) is 1. The summed E-state index contributed by atoms with van der Waals surface area (Å²) in [5, 5.41) is 3.04. The standard InChI is InChI=1S/C17H22N2O/c1-13(2)12-17(20)18-14(3)15-6-8-16(9-7-15)19-10-4-5-11-19/h4-11,13-14H,12H2,1-3H3,(H,18,20). The van der Waals surface area contributed by atoms with Crippen LogP contribution < -0.4 is 5.32 Å². The molecule has 1 atom stereocenters. The van der Waals surface area contributed by atoms with E-state index in [0.717, 1.165) is 11.3 Å². The van der Waals surface area contributed by atoms with Crippen LogP contribution in [0.5, 0.6) is 0 Å². The molecular formula is C17H22N2O. The van der Waals surface area contributed by atoms with Crippen molar-refractivity contribution in [2.45, 2.75) is 33.2 Å². The first-order valence-electron chi connectivity index (χ1n) is 7.09. The van der Waals surface area contributed by atoms with Crippen molar-refractivity contribution in [2.75, 3.05) is 0 Å². The van der Waals surface area contributed by atoms with Gasteiger partial charge in [0.25, 0.3) is 0 Å². The molecule has 106 valence electrons. The fourth-order valence-corrected chi connectivity index (χ4v) is 2.20. The minimum absolute atomic E-state index is 0.0416. The third-order valence-corrected chi connectivity index (χ3v) is 3.27. The number of carbonyl (C=O) groups is 1. The van der Waals surface area contributed by atoms with Gasteiger partial charge in [0.1, 0.15) is 0 Å². The van der Waals surface area contributed by atoms with E-state index in [9.17, 15) is 4.79 Å². The zero-order chi connectivity index (χ0) is 14.5. The van der Waals surface area contributed by atoms with E-state index in [0.29, 0.717) is 12.3 Å². The second-order valence-corrected chi connectivity index (χ2v) is 5.57. The summed E-state index contributed by atoms with van der Waals surface area (Å²) < 4.78 is 2.06. The number of amides is 1. The molecule has 2 aromatic rings. The molecule has 20 heavy (non-hydrogen) atoms. The summed E-state index contributed by atoms with van der Waals surface area (Å²) in [4.78, 5) is 11.8. The molecule has 0 saturated heterocycles. The van der Waals surface area contributed by atoms with Gasteiger partial charge in [-0.1, -0.05) is 26.0 Å². The van der Waals surface area contributed by atoms with Crippen molar-refractivity contribution in [3.8, 4) is 5.69 Å². The van der Waals surface area contributed by atoms with Crippen molar-refractivity contribution in [1.29, 1.82) is 0 Å². The molecule has 1 aromatic carbocycles. The van der Waals surface area contributed by atoms with E-state index in [2.05, 4.69) is 48.0 Å². The van der Waals surface area contributed by atoms with E-state index in [4.69, 9.17) is 0 Å². The second-order valence-electron chi connectivity index (χ2n) is 5.57. The Bertz CT molecular complexity index is 541. The van der Waals surface area contributed by atoms with Crippen molar-refractivity contribution >= 4 is 5.91 Å². The number of hydrogen-bond acceptors (Lipinski definition) is 1. The maximum Gasteiger partial charge on any atom is 0.220 e. The quantitative estimate of drug-likeness (QED) is 0.883. The number of aromatic nitrogens is 1. The molecule has 0 aliphatic heterocycles. The SMILES string of the molecule is CC(C)CC(=O)NC(C)c1ccc(-n2cccc2)cc1. The molecule has 3 heteroatoms. The Morgan fingerprint density at radius 2 is 1.70 bits per heavy atom. The maximum absolute atomic E-state index is 11.8. The molecule has 1 unspecified atom stereocenters. The van der Waals surface area contributed by atoms with Gasteiger partial charge in [0, 0.05) is 24.5 Å². The van der Waals surface area contributed by atoms with Crippen molar-refractivity contribution < 1.29 is 4.79 Å². The number of hydrogen-bond donors (Lipinski definition) is 1. The maximum atomic E-state index is 11.8. The zero-order valence-electron chi connectivity index (χ0n) is 12.3. The summed E-state index contributed by atoms with van der Waals surface area (Å²) in [5.41, 5.74) is 2.25. The number of nitrogens with zero attached hydrogens (tertiary/aromatic N) is 1. The lowest BCUT2D eigenvalue weighted by Crippen LogP contribution is -2.27. The first kappa shape index (κ1) is 14.4. The summed E-state index contributed by atoms with van der Waals surface area (Å²) in [5.74, 6) is 0.500. The van der Waals surface area contributed by atoms with Crippen LogP contribution in [0.1, 0.15) is 38.8 Å². The Morgan fingerprint density at radius 3 is 2.25 bits per heavy atom. The van der Waals surface area contributed by atoms with Gasteiger partial charge < -0.3 is 9.88 Å². The number of rotatable bonds is 5. The van der Waals surface area contributed by atoms with E-state index < -0.39 is 0 Å². The van der Waals surface area contributed by atoms with Gasteiger partial charge in [0.15, 0.2) is 0 Å². The minimum atomic E-state index is 0.0416. The molecule has 3 nitrogen and oxygen atoms in total. The normalized spacial score (nSPS) is 12.4. The molecule has 0 radical (unpaired) electrons. The van der Waals surface area contributed by atoms with E-state index in [-0.39, 0.29) is 11.9 Å². The van der Waals surface area contributed by atoms with Gasteiger partial charge in [0.2, 0.25) is 5.91 Å². The van der Waals surface area contributed by atoms with Crippen LogP contribution in [0.4, 0.5) is 0 Å². The van der Waals surface area contributed by atoms with Gasteiger partial charge >= 0.3 is 0 Å². The van der Waals surface area contributed by atoms with Gasteiger partial charge in [0.05, 0.1) is 6.04 Å². The molecule has 0 aliphatic carbocycles. The molecule has 1 heterocycles. The monoisotopic (exact) mass is 270 g/mol. The average molecular weight is 270 g/mol. The fraction of sp³-hybridized carbons (Fsp3) is 0.353. The summed E-state index contributed by atoms with van der Waals surface area (Å²) in [7, 11) is 0. The molecule has 0 saturated carbocycles. The highest BCUT2D eigenvalue weighted by Crippen LogP contribution is 2.16. The molecule has 1 N–H and O–H groups in total. The summed E-state index contributed by atoms with van der Waals surface area (Å²) in [6.45, 7) is 6.12. The first-order chi connectivity index (χ1) is 9.56. The average Bonchev–Trinajstić information content (AvgIpc) is 2.91. The predicted octanol–water partition coefficient (Wildman–Crippen LogP) is 3.70. The van der Waals surface area contributed by atoms with E-state index >= 15 is 0 Å². The van der Waals surface area contributed by atoms with Gasteiger partial charge in [-0.3, -0.25) is 4.79 Å². The van der Waals surface area contributed by atoms with Crippen LogP contribution in [-0.4, -0.2) is 10.5 Å².